The van der Waals surface area contributed by atoms with Gasteiger partial charge in [-0.3, -0.25) is 9.59 Å². The third-order valence-corrected chi connectivity index (χ3v) is 8.98. The average molecular weight is 736 g/mol. The van der Waals surface area contributed by atoms with Crippen LogP contribution in [0.2, 0.25) is 0 Å². The fourth-order valence-electron chi connectivity index (χ4n) is 0.915. The second kappa shape index (κ2) is 13.2. The Morgan fingerprint density at radius 1 is 0.900 bits per heavy atom. The van der Waals surface area contributed by atoms with Crippen molar-refractivity contribution in [2.24, 2.45) is 0 Å². The number of carbonyl (C=O) groups excluding carboxylic acids is 2. The molecule has 0 bridgehead atoms. The predicted octanol–water partition coefficient (Wildman–Crippen LogP) is 2.20. The fourth-order valence-corrected chi connectivity index (χ4v) is 1.99. The zero-order chi connectivity index (χ0) is 15.5. The zero-order valence-corrected chi connectivity index (χ0v) is 19.0. The Morgan fingerprint density at radius 2 is 1.25 bits per heavy atom. The second-order valence-corrected chi connectivity index (χ2v) is 8.28. The van der Waals surface area contributed by atoms with Gasteiger partial charge in [0.25, 0.3) is 0 Å². The van der Waals surface area contributed by atoms with Crippen molar-refractivity contribution in [2.45, 2.75) is 7.85 Å². The minimum absolute atomic E-state index is 0.0507. The Balaban J connectivity index is 3.67. The van der Waals surface area contributed by atoms with E-state index in [1.165, 1.54) is 0 Å². The van der Waals surface area contributed by atoms with Crippen LogP contribution >= 0.6 is 90.4 Å². The van der Waals surface area contributed by atoms with Gasteiger partial charge in [0.2, 0.25) is 0 Å². The summed E-state index contributed by atoms with van der Waals surface area (Å²) in [6.45, 7) is 0.256. The number of alkyl halides is 4. The van der Waals surface area contributed by atoms with Crippen LogP contribution in [-0.2, 0) is 24.3 Å². The first-order valence-corrected chi connectivity index (χ1v) is 11.1. The van der Waals surface area contributed by atoms with E-state index < -0.39 is 0 Å². The van der Waals surface area contributed by atoms with Gasteiger partial charge in [-0.05, 0) is 0 Å². The van der Waals surface area contributed by atoms with Crippen LogP contribution in [0.5, 0.6) is 0 Å². The summed E-state index contributed by atoms with van der Waals surface area (Å²) in [5.74, 6) is -0.621. The summed E-state index contributed by atoms with van der Waals surface area (Å²) >= 11 is 8.18. The number of hydroxylamine groups is 2. The van der Waals surface area contributed by atoms with E-state index in [1.807, 2.05) is 45.2 Å². The topological polar surface area (TPSA) is 75.7 Å². The van der Waals surface area contributed by atoms with Crippen LogP contribution < -0.4 is 0 Å². The highest BCUT2D eigenvalue weighted by Gasteiger charge is 2.16. The summed E-state index contributed by atoms with van der Waals surface area (Å²) in [5.41, 5.74) is 0. The lowest BCUT2D eigenvalue weighted by Crippen LogP contribution is -2.30. The van der Waals surface area contributed by atoms with Crippen molar-refractivity contribution < 1.29 is 24.3 Å². The van der Waals surface area contributed by atoms with Crippen LogP contribution in [0.4, 0.5) is 0 Å². The Hall–Kier alpha value is 1.78. The SMILES string of the molecule is [O]N(CCOC(=O)C(I)CI)CCOC(=O)C(I)CI. The van der Waals surface area contributed by atoms with E-state index in [9.17, 15) is 14.8 Å². The van der Waals surface area contributed by atoms with E-state index in [2.05, 4.69) is 45.2 Å². The first-order chi connectivity index (χ1) is 9.42. The molecule has 2 unspecified atom stereocenters. The number of nitrogens with zero attached hydrogens (tertiary/aromatic N) is 1. The molecule has 1 radical (unpaired) electrons. The number of hydrogen-bond acceptors (Lipinski definition) is 5. The van der Waals surface area contributed by atoms with Crippen LogP contribution in [-0.4, -0.2) is 60.0 Å². The molecule has 117 valence electrons. The number of rotatable bonds is 10. The molecular weight excluding hydrogens is 722 g/mol. The highest BCUT2D eigenvalue weighted by atomic mass is 127. The number of halogens is 4. The lowest BCUT2D eigenvalue weighted by atomic mass is 10.5. The molecule has 0 fully saturated rings. The Morgan fingerprint density at radius 3 is 1.55 bits per heavy atom. The highest BCUT2D eigenvalue weighted by Crippen LogP contribution is 2.07. The largest absolute Gasteiger partial charge is 0.463 e. The standard InChI is InChI=1S/C10H14I4NO5/c11-5-7(13)9(16)19-3-1-15(18)2-4-20-10(17)8(14)6-12/h7-8H,1-6H2. The summed E-state index contributed by atoms with van der Waals surface area (Å²) in [7, 11) is 0. The molecule has 10 heteroatoms. The molecule has 0 aromatic heterocycles. The molecule has 6 nitrogen and oxygen atoms in total. The van der Waals surface area contributed by atoms with E-state index in [0.29, 0.717) is 8.86 Å². The predicted molar refractivity (Wildman–Crippen MR) is 108 cm³/mol. The summed E-state index contributed by atoms with van der Waals surface area (Å²) in [6, 6.07) is 0. The van der Waals surface area contributed by atoms with Crippen LogP contribution in [0.1, 0.15) is 0 Å². The van der Waals surface area contributed by atoms with Gasteiger partial charge in [-0.15, -0.1) is 10.3 Å². The molecule has 0 saturated carbocycles. The monoisotopic (exact) mass is 736 g/mol. The van der Waals surface area contributed by atoms with Crippen molar-refractivity contribution in [3.8, 4) is 0 Å². The zero-order valence-electron chi connectivity index (χ0n) is 10.4. The van der Waals surface area contributed by atoms with Crippen LogP contribution in [0.15, 0.2) is 0 Å². The lowest BCUT2D eigenvalue weighted by Gasteiger charge is -2.14. The maximum absolute atomic E-state index is 11.4. The number of ether oxygens (including phenoxy) is 2. The Labute approximate surface area is 172 Å². The van der Waals surface area contributed by atoms with E-state index in [1.54, 1.807) is 0 Å². The lowest BCUT2D eigenvalue weighted by molar-refractivity contribution is -0.178. The minimum atomic E-state index is -0.311. The first-order valence-electron chi connectivity index (χ1n) is 5.57. The highest BCUT2D eigenvalue weighted by molar-refractivity contribution is 14.1. The molecule has 0 spiro atoms. The van der Waals surface area contributed by atoms with Gasteiger partial charge >= 0.3 is 11.9 Å². The van der Waals surface area contributed by atoms with E-state index >= 15 is 0 Å². The van der Waals surface area contributed by atoms with E-state index in [4.69, 9.17) is 9.47 Å². The Kier molecular flexibility index (Phi) is 14.4. The molecule has 2 atom stereocenters. The number of hydrogen-bond donors (Lipinski definition) is 0. The molecule has 0 N–H and O–H groups in total. The maximum Gasteiger partial charge on any atom is 0.319 e. The van der Waals surface area contributed by atoms with Gasteiger partial charge in [0, 0.05) is 8.86 Å². The molecule has 0 heterocycles. The van der Waals surface area contributed by atoms with Crippen LogP contribution in [0.3, 0.4) is 0 Å². The molecule has 20 heavy (non-hydrogen) atoms. The van der Waals surface area contributed by atoms with Crippen molar-refractivity contribution in [3.63, 3.8) is 0 Å². The molecule has 0 saturated heterocycles. The van der Waals surface area contributed by atoms with Crippen molar-refractivity contribution in [1.29, 1.82) is 0 Å². The molecule has 0 rings (SSSR count). The summed E-state index contributed by atoms with van der Waals surface area (Å²) < 4.78 is 10.8. The first kappa shape index (κ1) is 21.8. The van der Waals surface area contributed by atoms with Crippen molar-refractivity contribution >= 4 is 102 Å². The number of esters is 2. The Bertz CT molecular complexity index is 279. The van der Waals surface area contributed by atoms with Gasteiger partial charge < -0.3 is 9.47 Å². The molecule has 0 aliphatic carbocycles. The summed E-state index contributed by atoms with van der Waals surface area (Å²) in [6.07, 6.45) is 0. The van der Waals surface area contributed by atoms with Crippen LogP contribution in [0.25, 0.3) is 0 Å². The molecule has 0 aromatic carbocycles. The molecule has 0 amide bonds. The quantitative estimate of drug-likeness (QED) is 0.149. The normalized spacial score (nSPS) is 13.9. The van der Waals surface area contributed by atoms with Crippen molar-refractivity contribution in [1.82, 2.24) is 5.06 Å². The van der Waals surface area contributed by atoms with E-state index in [0.717, 1.165) is 5.06 Å². The van der Waals surface area contributed by atoms with Gasteiger partial charge in [0.1, 0.15) is 21.1 Å². The van der Waals surface area contributed by atoms with Crippen LogP contribution in [0, 0.1) is 0 Å². The summed E-state index contributed by atoms with van der Waals surface area (Å²) in [5, 5.41) is 12.1. The molecule has 0 aromatic rings. The smallest absolute Gasteiger partial charge is 0.319 e. The van der Waals surface area contributed by atoms with Gasteiger partial charge in [-0.1, -0.05) is 90.4 Å². The third kappa shape index (κ3) is 10.5. The third-order valence-electron chi connectivity index (χ3n) is 1.95. The second-order valence-electron chi connectivity index (χ2n) is 3.51. The van der Waals surface area contributed by atoms with E-state index in [-0.39, 0.29) is 46.1 Å². The van der Waals surface area contributed by atoms with Gasteiger partial charge in [-0.2, -0.15) is 0 Å². The van der Waals surface area contributed by atoms with Crippen molar-refractivity contribution in [2.75, 3.05) is 35.2 Å². The summed E-state index contributed by atoms with van der Waals surface area (Å²) in [4.78, 5) is 22.7. The molecule has 0 aliphatic heterocycles. The molecule has 0 aliphatic rings. The van der Waals surface area contributed by atoms with Gasteiger partial charge in [-0.25, -0.2) is 0 Å². The van der Waals surface area contributed by atoms with Gasteiger partial charge in [0.05, 0.1) is 13.1 Å². The average Bonchev–Trinajstić information content (AvgIpc) is 2.44. The maximum atomic E-state index is 11.4. The number of carbonyl (C=O) groups is 2. The van der Waals surface area contributed by atoms with Gasteiger partial charge in [0.15, 0.2) is 0 Å². The fraction of sp³-hybridized carbons (Fsp3) is 0.800. The minimum Gasteiger partial charge on any atom is -0.463 e. The van der Waals surface area contributed by atoms with Crippen molar-refractivity contribution in [3.05, 3.63) is 0 Å². The molecular formula is C10H14I4NO5.